The standard InChI is InChI=1S/C19H21N5O2.HI/c1-20-19(22-11-14-6-7-17-18(10-14)26-13-25-17)21-8-9-24-12-23-15-4-2-3-5-16(15)24;/h2-7,10,12H,8-9,11,13H2,1H3,(H2,20,21,22);1H. The summed E-state index contributed by atoms with van der Waals surface area (Å²) in [5.41, 5.74) is 3.26. The van der Waals surface area contributed by atoms with Crippen LogP contribution in [0.4, 0.5) is 0 Å². The molecule has 0 saturated heterocycles. The number of halogens is 1. The van der Waals surface area contributed by atoms with Crippen molar-refractivity contribution in [1.82, 2.24) is 20.2 Å². The highest BCUT2D eigenvalue weighted by atomic mass is 127. The Balaban J connectivity index is 0.00000210. The zero-order valence-electron chi connectivity index (χ0n) is 15.0. The van der Waals surface area contributed by atoms with Crippen LogP contribution >= 0.6 is 24.0 Å². The second-order valence-corrected chi connectivity index (χ2v) is 5.97. The number of fused-ring (bicyclic) bond motifs is 2. The highest BCUT2D eigenvalue weighted by Crippen LogP contribution is 2.32. The van der Waals surface area contributed by atoms with E-state index in [-0.39, 0.29) is 24.0 Å². The lowest BCUT2D eigenvalue weighted by Gasteiger charge is -2.13. The van der Waals surface area contributed by atoms with Crippen molar-refractivity contribution < 1.29 is 9.47 Å². The number of ether oxygens (including phenoxy) is 2. The zero-order valence-corrected chi connectivity index (χ0v) is 17.3. The molecule has 27 heavy (non-hydrogen) atoms. The summed E-state index contributed by atoms with van der Waals surface area (Å²) in [6.45, 7) is 2.51. The minimum absolute atomic E-state index is 0. The van der Waals surface area contributed by atoms with Gasteiger partial charge in [0.2, 0.25) is 6.79 Å². The van der Waals surface area contributed by atoms with E-state index in [4.69, 9.17) is 9.47 Å². The number of nitrogens with zero attached hydrogens (tertiary/aromatic N) is 3. The van der Waals surface area contributed by atoms with Crippen molar-refractivity contribution in [3.63, 3.8) is 0 Å². The molecule has 0 radical (unpaired) electrons. The molecule has 2 N–H and O–H groups in total. The molecule has 0 fully saturated rings. The summed E-state index contributed by atoms with van der Waals surface area (Å²) in [5, 5.41) is 6.64. The number of benzene rings is 2. The molecular formula is C19H22IN5O2. The molecule has 0 spiro atoms. The Labute approximate surface area is 174 Å². The van der Waals surface area contributed by atoms with Crippen molar-refractivity contribution in [3.8, 4) is 11.5 Å². The van der Waals surface area contributed by atoms with Gasteiger partial charge in [0.1, 0.15) is 0 Å². The quantitative estimate of drug-likeness (QED) is 0.335. The maximum absolute atomic E-state index is 5.41. The van der Waals surface area contributed by atoms with Crippen LogP contribution in [0.1, 0.15) is 5.56 Å². The molecule has 3 aromatic rings. The molecule has 1 aliphatic heterocycles. The van der Waals surface area contributed by atoms with Crippen LogP contribution in [0.5, 0.6) is 11.5 Å². The fourth-order valence-corrected chi connectivity index (χ4v) is 2.94. The Morgan fingerprint density at radius 3 is 2.89 bits per heavy atom. The Morgan fingerprint density at radius 2 is 2.00 bits per heavy atom. The van der Waals surface area contributed by atoms with Gasteiger partial charge < -0.3 is 24.7 Å². The second-order valence-electron chi connectivity index (χ2n) is 5.97. The number of aromatic nitrogens is 2. The molecule has 142 valence electrons. The van der Waals surface area contributed by atoms with Crippen LogP contribution in [0.25, 0.3) is 11.0 Å². The lowest BCUT2D eigenvalue weighted by molar-refractivity contribution is 0.174. The van der Waals surface area contributed by atoms with Gasteiger partial charge >= 0.3 is 0 Å². The van der Waals surface area contributed by atoms with Crippen molar-refractivity contribution >= 4 is 41.0 Å². The third-order valence-electron chi connectivity index (χ3n) is 4.29. The number of rotatable bonds is 5. The van der Waals surface area contributed by atoms with Crippen LogP contribution in [0, 0.1) is 0 Å². The number of hydrogen-bond donors (Lipinski definition) is 2. The Kier molecular flexibility index (Phi) is 6.38. The fraction of sp³-hybridized carbons (Fsp3) is 0.263. The Morgan fingerprint density at radius 1 is 1.15 bits per heavy atom. The molecule has 0 bridgehead atoms. The third kappa shape index (κ3) is 4.44. The van der Waals surface area contributed by atoms with E-state index in [0.717, 1.165) is 47.1 Å². The predicted octanol–water partition coefficient (Wildman–Crippen LogP) is 2.75. The number of aliphatic imine (C=N–C) groups is 1. The van der Waals surface area contributed by atoms with Crippen molar-refractivity contribution in [3.05, 3.63) is 54.4 Å². The van der Waals surface area contributed by atoms with Crippen molar-refractivity contribution in [2.24, 2.45) is 4.99 Å². The van der Waals surface area contributed by atoms with Crippen LogP contribution in [0.3, 0.4) is 0 Å². The smallest absolute Gasteiger partial charge is 0.231 e. The summed E-state index contributed by atoms with van der Waals surface area (Å²) in [5.74, 6) is 2.34. The summed E-state index contributed by atoms with van der Waals surface area (Å²) in [4.78, 5) is 8.68. The number of nitrogens with one attached hydrogen (secondary N) is 2. The van der Waals surface area contributed by atoms with Gasteiger partial charge in [0.15, 0.2) is 17.5 Å². The second kappa shape index (κ2) is 8.94. The van der Waals surface area contributed by atoms with E-state index in [1.54, 1.807) is 7.05 Å². The summed E-state index contributed by atoms with van der Waals surface area (Å²) < 4.78 is 12.9. The van der Waals surface area contributed by atoms with Gasteiger partial charge in [-0.15, -0.1) is 24.0 Å². The monoisotopic (exact) mass is 479 g/mol. The largest absolute Gasteiger partial charge is 0.454 e. The molecule has 0 amide bonds. The molecule has 2 heterocycles. The van der Waals surface area contributed by atoms with Gasteiger partial charge in [0.25, 0.3) is 0 Å². The van der Waals surface area contributed by atoms with Crippen LogP contribution in [-0.4, -0.2) is 35.9 Å². The van der Waals surface area contributed by atoms with Crippen molar-refractivity contribution in [1.29, 1.82) is 0 Å². The molecule has 1 aromatic heterocycles. The molecular weight excluding hydrogens is 457 g/mol. The van der Waals surface area contributed by atoms with E-state index in [2.05, 4.69) is 31.2 Å². The van der Waals surface area contributed by atoms with Crippen molar-refractivity contribution in [2.45, 2.75) is 13.1 Å². The highest BCUT2D eigenvalue weighted by molar-refractivity contribution is 14.0. The number of guanidine groups is 1. The zero-order chi connectivity index (χ0) is 17.8. The molecule has 0 atom stereocenters. The van der Waals surface area contributed by atoms with Crippen molar-refractivity contribution in [2.75, 3.05) is 20.4 Å². The molecule has 7 nitrogen and oxygen atoms in total. The van der Waals surface area contributed by atoms with E-state index in [0.29, 0.717) is 13.3 Å². The van der Waals surface area contributed by atoms with E-state index in [9.17, 15) is 0 Å². The highest BCUT2D eigenvalue weighted by Gasteiger charge is 2.13. The van der Waals surface area contributed by atoms with Gasteiger partial charge in [-0.3, -0.25) is 4.99 Å². The van der Waals surface area contributed by atoms with Gasteiger partial charge in [0.05, 0.1) is 17.4 Å². The number of imidazole rings is 1. The average molecular weight is 479 g/mol. The maximum Gasteiger partial charge on any atom is 0.231 e. The molecule has 0 saturated carbocycles. The number of para-hydroxylation sites is 2. The molecule has 1 aliphatic rings. The van der Waals surface area contributed by atoms with Gasteiger partial charge in [0, 0.05) is 26.7 Å². The SMILES string of the molecule is CN=C(NCCn1cnc2ccccc21)NCc1ccc2c(c1)OCO2.I. The van der Waals surface area contributed by atoms with Crippen LogP contribution in [-0.2, 0) is 13.1 Å². The maximum atomic E-state index is 5.41. The van der Waals surface area contributed by atoms with Gasteiger partial charge in [-0.25, -0.2) is 4.98 Å². The van der Waals surface area contributed by atoms with E-state index in [1.165, 1.54) is 0 Å². The lowest BCUT2D eigenvalue weighted by atomic mass is 10.2. The first kappa shape index (κ1) is 19.3. The molecule has 0 unspecified atom stereocenters. The first-order valence-electron chi connectivity index (χ1n) is 8.56. The topological polar surface area (TPSA) is 72.7 Å². The predicted molar refractivity (Wildman–Crippen MR) is 116 cm³/mol. The average Bonchev–Trinajstić information content (AvgIpc) is 3.31. The lowest BCUT2D eigenvalue weighted by Crippen LogP contribution is -2.38. The normalized spacial score (nSPS) is 12.7. The van der Waals surface area contributed by atoms with Gasteiger partial charge in [-0.2, -0.15) is 0 Å². The van der Waals surface area contributed by atoms with Gasteiger partial charge in [-0.05, 0) is 29.8 Å². The van der Waals surface area contributed by atoms with E-state index >= 15 is 0 Å². The Bertz CT molecular complexity index is 941. The number of hydrogen-bond acceptors (Lipinski definition) is 4. The molecule has 0 aliphatic carbocycles. The fourth-order valence-electron chi connectivity index (χ4n) is 2.94. The molecule has 8 heteroatoms. The summed E-state index contributed by atoms with van der Waals surface area (Å²) in [6.07, 6.45) is 1.87. The third-order valence-corrected chi connectivity index (χ3v) is 4.29. The minimum Gasteiger partial charge on any atom is -0.454 e. The van der Waals surface area contributed by atoms with E-state index in [1.807, 2.05) is 42.7 Å². The van der Waals surface area contributed by atoms with Crippen LogP contribution in [0.15, 0.2) is 53.8 Å². The molecule has 2 aromatic carbocycles. The van der Waals surface area contributed by atoms with Crippen LogP contribution in [0.2, 0.25) is 0 Å². The molecule has 4 rings (SSSR count). The summed E-state index contributed by atoms with van der Waals surface area (Å²) in [6, 6.07) is 14.1. The summed E-state index contributed by atoms with van der Waals surface area (Å²) in [7, 11) is 1.77. The Hall–Kier alpha value is -2.49. The summed E-state index contributed by atoms with van der Waals surface area (Å²) >= 11 is 0. The van der Waals surface area contributed by atoms with Crippen LogP contribution < -0.4 is 20.1 Å². The minimum atomic E-state index is 0. The van der Waals surface area contributed by atoms with E-state index < -0.39 is 0 Å². The first-order valence-corrected chi connectivity index (χ1v) is 8.56. The van der Waals surface area contributed by atoms with Gasteiger partial charge in [-0.1, -0.05) is 18.2 Å². The first-order chi connectivity index (χ1) is 12.8.